The van der Waals surface area contributed by atoms with Crippen LogP contribution in [-0.4, -0.2) is 6.36 Å². The van der Waals surface area contributed by atoms with E-state index in [4.69, 9.17) is 17.3 Å². The quantitative estimate of drug-likeness (QED) is 0.594. The highest BCUT2D eigenvalue weighted by Crippen LogP contribution is 2.32. The fourth-order valence-corrected chi connectivity index (χ4v) is 0.929. The number of alkyl halides is 3. The number of benzene rings is 1. The maximum absolute atomic E-state index is 12.7. The molecule has 0 heterocycles. The highest BCUT2D eigenvalue weighted by atomic mass is 35.5. The normalized spacial score (nSPS) is 11.5. The second kappa shape index (κ2) is 3.53. The van der Waals surface area contributed by atoms with E-state index in [1.807, 2.05) is 0 Å². The molecule has 0 aromatic heterocycles. The average Bonchev–Trinajstić information content (AvgIpc) is 1.97. The Hall–Kier alpha value is -1.17. The fraction of sp³-hybridized carbons (Fsp3) is 0.143. The summed E-state index contributed by atoms with van der Waals surface area (Å²) >= 11 is 5.27. The van der Waals surface area contributed by atoms with Gasteiger partial charge in [0, 0.05) is 6.07 Å². The molecule has 0 spiro atoms. The van der Waals surface area contributed by atoms with Crippen LogP contribution in [0.25, 0.3) is 0 Å². The molecule has 0 radical (unpaired) electrons. The van der Waals surface area contributed by atoms with E-state index in [0.717, 1.165) is 6.07 Å². The summed E-state index contributed by atoms with van der Waals surface area (Å²) in [7, 11) is 0. The van der Waals surface area contributed by atoms with Gasteiger partial charge in [0.25, 0.3) is 0 Å². The van der Waals surface area contributed by atoms with Crippen molar-refractivity contribution in [3.8, 4) is 5.75 Å². The topological polar surface area (TPSA) is 35.2 Å². The van der Waals surface area contributed by atoms with E-state index in [1.165, 1.54) is 0 Å². The van der Waals surface area contributed by atoms with Crippen LogP contribution in [0.5, 0.6) is 5.75 Å². The molecule has 0 atom stereocenters. The molecule has 0 bridgehead atoms. The van der Waals surface area contributed by atoms with Crippen molar-refractivity contribution in [2.75, 3.05) is 5.73 Å². The molecule has 2 N–H and O–H groups in total. The summed E-state index contributed by atoms with van der Waals surface area (Å²) in [5.41, 5.74) is 4.74. The summed E-state index contributed by atoms with van der Waals surface area (Å²) in [6.45, 7) is 0. The summed E-state index contributed by atoms with van der Waals surface area (Å²) in [5, 5.41) is -0.364. The fourth-order valence-electron chi connectivity index (χ4n) is 0.757. The smallest absolute Gasteiger partial charge is 0.403 e. The largest absolute Gasteiger partial charge is 0.573 e. The van der Waals surface area contributed by atoms with E-state index >= 15 is 0 Å². The lowest BCUT2D eigenvalue weighted by molar-refractivity contribution is -0.274. The first-order chi connectivity index (χ1) is 6.29. The SMILES string of the molecule is Nc1cc(Cl)c(F)cc1OC(F)(F)F. The van der Waals surface area contributed by atoms with Gasteiger partial charge in [-0.1, -0.05) is 11.6 Å². The molecule has 0 aliphatic heterocycles. The minimum absolute atomic E-state index is 0.364. The summed E-state index contributed by atoms with van der Waals surface area (Å²) < 4.78 is 51.3. The van der Waals surface area contributed by atoms with Gasteiger partial charge in [-0.05, 0) is 6.07 Å². The molecule has 0 saturated carbocycles. The first-order valence-corrected chi connectivity index (χ1v) is 3.67. The molecule has 14 heavy (non-hydrogen) atoms. The van der Waals surface area contributed by atoms with Crippen molar-refractivity contribution in [1.29, 1.82) is 0 Å². The monoisotopic (exact) mass is 229 g/mol. The van der Waals surface area contributed by atoms with Gasteiger partial charge in [-0.2, -0.15) is 0 Å². The molecule has 0 saturated heterocycles. The van der Waals surface area contributed by atoms with E-state index in [0.29, 0.717) is 6.07 Å². The van der Waals surface area contributed by atoms with Crippen molar-refractivity contribution >= 4 is 17.3 Å². The number of halogens is 5. The molecule has 7 heteroatoms. The van der Waals surface area contributed by atoms with Gasteiger partial charge in [-0.3, -0.25) is 0 Å². The number of anilines is 1. The number of ether oxygens (including phenoxy) is 1. The number of nitrogens with two attached hydrogens (primary N) is 1. The van der Waals surface area contributed by atoms with E-state index < -0.39 is 17.9 Å². The highest BCUT2D eigenvalue weighted by Gasteiger charge is 2.32. The van der Waals surface area contributed by atoms with Crippen molar-refractivity contribution < 1.29 is 22.3 Å². The molecule has 0 aliphatic rings. The first kappa shape index (κ1) is 10.9. The molecule has 0 amide bonds. The Kier molecular flexibility index (Phi) is 2.75. The van der Waals surface area contributed by atoms with E-state index in [1.54, 1.807) is 0 Å². The second-order valence-electron chi connectivity index (χ2n) is 2.35. The van der Waals surface area contributed by atoms with Crippen LogP contribution in [0.15, 0.2) is 12.1 Å². The van der Waals surface area contributed by atoms with Crippen molar-refractivity contribution in [2.45, 2.75) is 6.36 Å². The lowest BCUT2D eigenvalue weighted by Crippen LogP contribution is -2.18. The Morgan fingerprint density at radius 2 is 1.86 bits per heavy atom. The third-order valence-electron chi connectivity index (χ3n) is 1.28. The Labute approximate surface area is 81.2 Å². The van der Waals surface area contributed by atoms with Gasteiger partial charge >= 0.3 is 6.36 Å². The summed E-state index contributed by atoms with van der Waals surface area (Å²) in [6, 6.07) is 1.32. The molecule has 0 unspecified atom stereocenters. The summed E-state index contributed by atoms with van der Waals surface area (Å²) in [5.74, 6) is -1.83. The van der Waals surface area contributed by atoms with Crippen LogP contribution in [0.3, 0.4) is 0 Å². The van der Waals surface area contributed by atoms with Crippen LogP contribution < -0.4 is 10.5 Å². The number of nitrogen functional groups attached to an aromatic ring is 1. The maximum Gasteiger partial charge on any atom is 0.573 e. The maximum atomic E-state index is 12.7. The number of rotatable bonds is 1. The highest BCUT2D eigenvalue weighted by molar-refractivity contribution is 6.31. The molecule has 1 aromatic rings. The molecule has 0 fully saturated rings. The van der Waals surface area contributed by atoms with Crippen LogP contribution in [0.1, 0.15) is 0 Å². The van der Waals surface area contributed by atoms with Crippen molar-refractivity contribution in [2.24, 2.45) is 0 Å². The van der Waals surface area contributed by atoms with Gasteiger partial charge in [0.1, 0.15) is 5.82 Å². The van der Waals surface area contributed by atoms with Crippen LogP contribution >= 0.6 is 11.6 Å². The minimum Gasteiger partial charge on any atom is -0.403 e. The molecule has 78 valence electrons. The van der Waals surface area contributed by atoms with E-state index in [2.05, 4.69) is 4.74 Å². The Bertz CT molecular complexity index is 352. The number of hydrogen-bond acceptors (Lipinski definition) is 2. The first-order valence-electron chi connectivity index (χ1n) is 3.30. The zero-order valence-corrected chi connectivity index (χ0v) is 7.29. The van der Waals surface area contributed by atoms with Crippen molar-refractivity contribution in [3.63, 3.8) is 0 Å². The van der Waals surface area contributed by atoms with E-state index in [9.17, 15) is 17.6 Å². The zero-order valence-electron chi connectivity index (χ0n) is 6.53. The third kappa shape index (κ3) is 2.66. The van der Waals surface area contributed by atoms with Crippen LogP contribution in [0.2, 0.25) is 5.02 Å². The molecule has 0 aliphatic carbocycles. The standard InChI is InChI=1S/C7H4ClF4NO/c8-3-1-5(13)6(2-4(3)9)14-7(10,11)12/h1-2H,13H2. The van der Waals surface area contributed by atoms with Crippen molar-refractivity contribution in [1.82, 2.24) is 0 Å². The Balaban J connectivity index is 3.04. The minimum atomic E-state index is -4.91. The molecule has 2 nitrogen and oxygen atoms in total. The second-order valence-corrected chi connectivity index (χ2v) is 2.76. The van der Waals surface area contributed by atoms with Gasteiger partial charge in [0.2, 0.25) is 0 Å². The lowest BCUT2D eigenvalue weighted by Gasteiger charge is -2.11. The summed E-state index contributed by atoms with van der Waals surface area (Å²) in [6.07, 6.45) is -4.91. The summed E-state index contributed by atoms with van der Waals surface area (Å²) in [4.78, 5) is 0. The average molecular weight is 230 g/mol. The lowest BCUT2D eigenvalue weighted by atomic mass is 10.3. The zero-order chi connectivity index (χ0) is 10.9. The van der Waals surface area contributed by atoms with E-state index in [-0.39, 0.29) is 10.7 Å². The molecule has 1 rings (SSSR count). The van der Waals surface area contributed by atoms with Crippen LogP contribution in [-0.2, 0) is 0 Å². The van der Waals surface area contributed by atoms with Gasteiger partial charge in [-0.15, -0.1) is 13.2 Å². The molecular weight excluding hydrogens is 226 g/mol. The van der Waals surface area contributed by atoms with Crippen molar-refractivity contribution in [3.05, 3.63) is 23.0 Å². The number of hydrogen-bond donors (Lipinski definition) is 1. The predicted molar refractivity (Wildman–Crippen MR) is 42.5 cm³/mol. The predicted octanol–water partition coefficient (Wildman–Crippen LogP) is 2.96. The third-order valence-corrected chi connectivity index (χ3v) is 1.57. The van der Waals surface area contributed by atoms with Crippen LogP contribution in [0.4, 0.5) is 23.2 Å². The molecule has 1 aromatic carbocycles. The Morgan fingerprint density at radius 1 is 1.29 bits per heavy atom. The Morgan fingerprint density at radius 3 is 2.36 bits per heavy atom. The van der Waals surface area contributed by atoms with Gasteiger partial charge in [0.05, 0.1) is 10.7 Å². The molecular formula is C7H4ClF4NO. The van der Waals surface area contributed by atoms with Gasteiger partial charge in [0.15, 0.2) is 5.75 Å². The van der Waals surface area contributed by atoms with Gasteiger partial charge < -0.3 is 10.5 Å². The van der Waals surface area contributed by atoms with Gasteiger partial charge in [-0.25, -0.2) is 4.39 Å². The van der Waals surface area contributed by atoms with Crippen LogP contribution in [0, 0.1) is 5.82 Å².